The van der Waals surface area contributed by atoms with Gasteiger partial charge in [0.15, 0.2) is 0 Å². The highest BCUT2D eigenvalue weighted by molar-refractivity contribution is 5.43. The Balaban J connectivity index is 2.11. The van der Waals surface area contributed by atoms with Gasteiger partial charge in [0.05, 0.1) is 5.69 Å². The molecule has 4 heteroatoms. The van der Waals surface area contributed by atoms with E-state index in [1.54, 1.807) is 4.68 Å². The number of anilines is 1. The Morgan fingerprint density at radius 2 is 1.85 bits per heavy atom. The highest BCUT2D eigenvalue weighted by Gasteiger charge is 2.17. The second-order valence-corrected chi connectivity index (χ2v) is 5.49. The van der Waals surface area contributed by atoms with Crippen molar-refractivity contribution >= 4 is 5.69 Å². The van der Waals surface area contributed by atoms with Gasteiger partial charge < -0.3 is 5.73 Å². The molecule has 2 rings (SSSR count). The summed E-state index contributed by atoms with van der Waals surface area (Å²) in [6, 6.07) is 10.3. The summed E-state index contributed by atoms with van der Waals surface area (Å²) in [6.07, 6.45) is 1.90. The Morgan fingerprint density at radius 1 is 1.20 bits per heavy atom. The molecule has 1 aromatic carbocycles. The first-order chi connectivity index (χ1) is 9.52. The summed E-state index contributed by atoms with van der Waals surface area (Å²) in [4.78, 5) is 12.2. The van der Waals surface area contributed by atoms with Crippen LogP contribution in [0.15, 0.2) is 35.1 Å². The molecule has 4 nitrogen and oxygen atoms in total. The Hall–Kier alpha value is -1.97. The van der Waals surface area contributed by atoms with Crippen LogP contribution >= 0.6 is 0 Å². The molecule has 0 amide bonds. The molecule has 108 valence electrons. The van der Waals surface area contributed by atoms with Crippen LogP contribution in [-0.2, 0) is 20.0 Å². The molecule has 0 spiro atoms. The van der Waals surface area contributed by atoms with Gasteiger partial charge in [-0.25, -0.2) is 4.68 Å². The number of aromatic nitrogens is 2. The summed E-state index contributed by atoms with van der Waals surface area (Å²) in [7, 11) is 1.91. The minimum Gasteiger partial charge on any atom is -0.393 e. The first-order valence-corrected chi connectivity index (χ1v) is 7.11. The number of hydrogen-bond donors (Lipinski definition) is 1. The maximum atomic E-state index is 12.2. The summed E-state index contributed by atoms with van der Waals surface area (Å²) in [6.45, 7) is 4.81. The molecule has 0 bridgehead atoms. The van der Waals surface area contributed by atoms with Crippen LogP contribution in [-0.4, -0.2) is 9.36 Å². The van der Waals surface area contributed by atoms with Gasteiger partial charge in [0.25, 0.3) is 5.56 Å². The fourth-order valence-electron chi connectivity index (χ4n) is 2.70. The van der Waals surface area contributed by atoms with Gasteiger partial charge in [-0.1, -0.05) is 44.2 Å². The first-order valence-electron chi connectivity index (χ1n) is 7.11. The largest absolute Gasteiger partial charge is 0.393 e. The highest BCUT2D eigenvalue weighted by Crippen LogP contribution is 2.18. The predicted molar refractivity (Wildman–Crippen MR) is 82.9 cm³/mol. The van der Waals surface area contributed by atoms with Gasteiger partial charge in [0.2, 0.25) is 0 Å². The standard InChI is InChI=1S/C16H23N3O/c1-12(2)15-14(17)16(20)19(18(15)3)11-7-10-13-8-5-4-6-9-13/h4-6,8-9,12H,7,10-11,17H2,1-3H3. The van der Waals surface area contributed by atoms with Gasteiger partial charge in [0.1, 0.15) is 5.69 Å². The fraction of sp³-hybridized carbons (Fsp3) is 0.438. The minimum atomic E-state index is -0.0655. The summed E-state index contributed by atoms with van der Waals surface area (Å²) in [5.41, 5.74) is 8.48. The first kappa shape index (κ1) is 14.4. The van der Waals surface area contributed by atoms with E-state index in [2.05, 4.69) is 26.0 Å². The van der Waals surface area contributed by atoms with Gasteiger partial charge >= 0.3 is 0 Å². The van der Waals surface area contributed by atoms with Crippen molar-refractivity contribution in [2.24, 2.45) is 7.05 Å². The van der Waals surface area contributed by atoms with Crippen LogP contribution in [0.2, 0.25) is 0 Å². The van der Waals surface area contributed by atoms with Crippen molar-refractivity contribution < 1.29 is 0 Å². The Morgan fingerprint density at radius 3 is 2.40 bits per heavy atom. The average Bonchev–Trinajstić information content (AvgIpc) is 2.63. The smallest absolute Gasteiger partial charge is 0.290 e. The van der Waals surface area contributed by atoms with Crippen LogP contribution in [0.5, 0.6) is 0 Å². The van der Waals surface area contributed by atoms with Gasteiger partial charge in [-0.2, -0.15) is 0 Å². The van der Waals surface area contributed by atoms with Gasteiger partial charge in [0, 0.05) is 13.6 Å². The van der Waals surface area contributed by atoms with Crippen molar-refractivity contribution in [2.45, 2.75) is 39.2 Å². The zero-order valence-corrected chi connectivity index (χ0v) is 12.5. The SMILES string of the molecule is CC(C)c1c(N)c(=O)n(CCCc2ccccc2)n1C. The van der Waals surface area contributed by atoms with Gasteiger partial charge in [-0.05, 0) is 24.3 Å². The van der Waals surface area contributed by atoms with Crippen molar-refractivity contribution in [3.05, 3.63) is 51.9 Å². The second kappa shape index (κ2) is 5.99. The second-order valence-electron chi connectivity index (χ2n) is 5.49. The highest BCUT2D eigenvalue weighted by atomic mass is 16.1. The third-order valence-corrected chi connectivity index (χ3v) is 3.68. The molecule has 0 radical (unpaired) electrons. The Bertz CT molecular complexity index is 623. The third-order valence-electron chi connectivity index (χ3n) is 3.68. The lowest BCUT2D eigenvalue weighted by molar-refractivity contribution is 0.461. The molecular weight excluding hydrogens is 250 g/mol. The normalized spacial score (nSPS) is 11.2. The topological polar surface area (TPSA) is 53.0 Å². The molecule has 0 saturated heterocycles. The van der Waals surface area contributed by atoms with Gasteiger partial charge in [-0.15, -0.1) is 0 Å². The number of benzene rings is 1. The molecule has 0 aliphatic carbocycles. The molecule has 0 aliphatic rings. The summed E-state index contributed by atoms with van der Waals surface area (Å²) in [5, 5.41) is 0. The number of nitrogens with two attached hydrogens (primary N) is 1. The molecule has 1 heterocycles. The van der Waals surface area contributed by atoms with Crippen molar-refractivity contribution in [2.75, 3.05) is 5.73 Å². The molecule has 0 aliphatic heterocycles. The third kappa shape index (κ3) is 2.79. The molecule has 0 saturated carbocycles. The van der Waals surface area contributed by atoms with Crippen molar-refractivity contribution in [1.29, 1.82) is 0 Å². The number of hydrogen-bond acceptors (Lipinski definition) is 2. The van der Waals surface area contributed by atoms with E-state index in [1.807, 2.05) is 29.9 Å². The molecular formula is C16H23N3O. The van der Waals surface area contributed by atoms with E-state index in [0.717, 1.165) is 18.5 Å². The van der Waals surface area contributed by atoms with E-state index >= 15 is 0 Å². The molecule has 1 aromatic heterocycles. The van der Waals surface area contributed by atoms with Crippen LogP contribution in [0, 0.1) is 0 Å². The predicted octanol–water partition coefficient (Wildman–Crippen LogP) is 2.53. The summed E-state index contributed by atoms with van der Waals surface area (Å²) in [5.74, 6) is 0.253. The van der Waals surface area contributed by atoms with E-state index in [0.29, 0.717) is 12.2 Å². The lowest BCUT2D eigenvalue weighted by Crippen LogP contribution is -2.23. The zero-order chi connectivity index (χ0) is 14.7. The quantitative estimate of drug-likeness (QED) is 0.910. The average molecular weight is 273 g/mol. The minimum absolute atomic E-state index is 0.0655. The Kier molecular flexibility index (Phi) is 4.32. The van der Waals surface area contributed by atoms with E-state index < -0.39 is 0 Å². The van der Waals surface area contributed by atoms with Crippen molar-refractivity contribution in [1.82, 2.24) is 9.36 Å². The van der Waals surface area contributed by atoms with Crippen LogP contribution in [0.3, 0.4) is 0 Å². The number of rotatable bonds is 5. The van der Waals surface area contributed by atoms with E-state index in [-0.39, 0.29) is 11.5 Å². The molecule has 2 N–H and O–H groups in total. The molecule has 0 fully saturated rings. The maximum Gasteiger partial charge on any atom is 0.290 e. The number of nitrogen functional groups attached to an aromatic ring is 1. The monoisotopic (exact) mass is 273 g/mol. The molecule has 2 aromatic rings. The van der Waals surface area contributed by atoms with E-state index in [1.165, 1.54) is 5.56 Å². The zero-order valence-electron chi connectivity index (χ0n) is 12.5. The number of aryl methyl sites for hydroxylation is 1. The lowest BCUT2D eigenvalue weighted by Gasteiger charge is -2.12. The molecule has 0 atom stereocenters. The number of nitrogens with zero attached hydrogens (tertiary/aromatic N) is 2. The van der Waals surface area contributed by atoms with Gasteiger partial charge in [-0.3, -0.25) is 9.48 Å². The van der Waals surface area contributed by atoms with Crippen LogP contribution in [0.25, 0.3) is 0 Å². The van der Waals surface area contributed by atoms with Crippen LogP contribution in [0.1, 0.15) is 37.4 Å². The Labute approximate surface area is 119 Å². The van der Waals surface area contributed by atoms with E-state index in [4.69, 9.17) is 5.73 Å². The summed E-state index contributed by atoms with van der Waals surface area (Å²) < 4.78 is 3.65. The van der Waals surface area contributed by atoms with Crippen LogP contribution in [0.4, 0.5) is 5.69 Å². The molecule has 20 heavy (non-hydrogen) atoms. The van der Waals surface area contributed by atoms with Crippen molar-refractivity contribution in [3.63, 3.8) is 0 Å². The van der Waals surface area contributed by atoms with Crippen LogP contribution < -0.4 is 11.3 Å². The van der Waals surface area contributed by atoms with E-state index in [9.17, 15) is 4.79 Å². The fourth-order valence-corrected chi connectivity index (χ4v) is 2.70. The lowest BCUT2D eigenvalue weighted by atomic mass is 10.1. The molecule has 0 unspecified atom stereocenters. The summed E-state index contributed by atoms with van der Waals surface area (Å²) >= 11 is 0. The van der Waals surface area contributed by atoms with Crippen molar-refractivity contribution in [3.8, 4) is 0 Å². The maximum absolute atomic E-state index is 12.2.